The summed E-state index contributed by atoms with van der Waals surface area (Å²) in [5.74, 6) is -0.656. The molecule has 0 aliphatic heterocycles. The van der Waals surface area contributed by atoms with Crippen molar-refractivity contribution < 1.29 is 9.90 Å². The molecule has 4 heteroatoms. The smallest absolute Gasteiger partial charge is 0.247 e. The Labute approximate surface area is 67.0 Å². The maximum absolute atomic E-state index is 10.4. The molecule has 0 fully saturated rings. The molecule has 66 valence electrons. The Balaban J connectivity index is 3.71. The zero-order valence-corrected chi connectivity index (χ0v) is 7.08. The molecule has 1 amide bonds. The average Bonchev–Trinajstić information content (AvgIpc) is 1.99. The third kappa shape index (κ3) is 3.95. The molecule has 0 aromatic rings. The van der Waals surface area contributed by atoms with Crippen molar-refractivity contribution in [1.82, 2.24) is 4.90 Å². The van der Waals surface area contributed by atoms with Crippen LogP contribution in [0.1, 0.15) is 13.8 Å². The second-order valence-electron chi connectivity index (χ2n) is 2.40. The second-order valence-corrected chi connectivity index (χ2v) is 2.40. The number of nitrogens with two attached hydrogens (primary N) is 1. The highest BCUT2D eigenvalue weighted by molar-refractivity contribution is 5.78. The van der Waals surface area contributed by atoms with Crippen LogP contribution in [0.3, 0.4) is 0 Å². The molecule has 0 heterocycles. The highest BCUT2D eigenvalue weighted by Gasteiger charge is 2.13. The summed E-state index contributed by atoms with van der Waals surface area (Å²) >= 11 is 0. The number of nitrogens with zero attached hydrogens (tertiary/aromatic N) is 1. The van der Waals surface area contributed by atoms with Crippen molar-refractivity contribution in [3.05, 3.63) is 0 Å². The van der Waals surface area contributed by atoms with Gasteiger partial charge in [-0.15, -0.1) is 0 Å². The third-order valence-corrected chi connectivity index (χ3v) is 1.65. The summed E-state index contributed by atoms with van der Waals surface area (Å²) in [6, 6.07) is 0. The van der Waals surface area contributed by atoms with E-state index >= 15 is 0 Å². The quantitative estimate of drug-likeness (QED) is 0.552. The maximum atomic E-state index is 10.4. The number of amides is 1. The zero-order valence-electron chi connectivity index (χ0n) is 7.08. The molecule has 0 saturated carbocycles. The number of primary amides is 1. The standard InChI is InChI=1S/C7H16N2O2/c1-3-9(4-2)5-6(10)7(8)11/h6,10H,3-5H2,1-2H3,(H2,8,11)/t6-/m0/s1. The Hall–Kier alpha value is -0.610. The van der Waals surface area contributed by atoms with Crippen LogP contribution in [0.15, 0.2) is 0 Å². The average molecular weight is 160 g/mol. The summed E-state index contributed by atoms with van der Waals surface area (Å²) < 4.78 is 0. The van der Waals surface area contributed by atoms with E-state index in [-0.39, 0.29) is 0 Å². The molecule has 0 aliphatic rings. The fourth-order valence-electron chi connectivity index (χ4n) is 0.816. The minimum atomic E-state index is -1.03. The molecule has 3 N–H and O–H groups in total. The Kier molecular flexibility index (Phi) is 4.81. The van der Waals surface area contributed by atoms with Gasteiger partial charge in [0.15, 0.2) is 0 Å². The van der Waals surface area contributed by atoms with Crippen molar-refractivity contribution in [2.45, 2.75) is 20.0 Å². The van der Waals surface area contributed by atoms with E-state index in [1.807, 2.05) is 18.7 Å². The highest BCUT2D eigenvalue weighted by atomic mass is 16.3. The van der Waals surface area contributed by atoms with Gasteiger partial charge >= 0.3 is 0 Å². The van der Waals surface area contributed by atoms with Crippen molar-refractivity contribution in [2.24, 2.45) is 5.73 Å². The van der Waals surface area contributed by atoms with Crippen molar-refractivity contribution in [2.75, 3.05) is 19.6 Å². The van der Waals surface area contributed by atoms with Crippen LogP contribution in [0.2, 0.25) is 0 Å². The number of rotatable bonds is 5. The summed E-state index contributed by atoms with van der Waals surface area (Å²) in [5.41, 5.74) is 4.88. The lowest BCUT2D eigenvalue weighted by molar-refractivity contribution is -0.126. The predicted molar refractivity (Wildman–Crippen MR) is 43.0 cm³/mol. The molecule has 0 aromatic carbocycles. The third-order valence-electron chi connectivity index (χ3n) is 1.65. The normalized spacial score (nSPS) is 13.5. The number of hydrogen-bond donors (Lipinski definition) is 2. The molecule has 0 rings (SSSR count). The first-order valence-electron chi connectivity index (χ1n) is 3.81. The van der Waals surface area contributed by atoms with Gasteiger partial charge in [-0.3, -0.25) is 4.79 Å². The number of aliphatic hydroxyl groups is 1. The van der Waals surface area contributed by atoms with Crippen LogP contribution >= 0.6 is 0 Å². The summed E-state index contributed by atoms with van der Waals surface area (Å²) in [7, 11) is 0. The monoisotopic (exact) mass is 160 g/mol. The zero-order chi connectivity index (χ0) is 8.85. The van der Waals surface area contributed by atoms with Crippen molar-refractivity contribution >= 4 is 5.91 Å². The topological polar surface area (TPSA) is 66.6 Å². The Bertz CT molecular complexity index is 124. The van der Waals surface area contributed by atoms with Gasteiger partial charge in [-0.25, -0.2) is 0 Å². The molecule has 0 spiro atoms. The maximum Gasteiger partial charge on any atom is 0.247 e. The Morgan fingerprint density at radius 2 is 2.00 bits per heavy atom. The molecule has 1 atom stereocenters. The van der Waals surface area contributed by atoms with E-state index in [1.54, 1.807) is 0 Å². The number of carbonyl (C=O) groups is 1. The van der Waals surface area contributed by atoms with Crippen molar-refractivity contribution in [3.8, 4) is 0 Å². The lowest BCUT2D eigenvalue weighted by atomic mass is 10.3. The SMILES string of the molecule is CCN(CC)C[C@H](O)C(N)=O. The van der Waals surface area contributed by atoms with Crippen LogP contribution in [0.25, 0.3) is 0 Å². The first-order valence-corrected chi connectivity index (χ1v) is 3.81. The van der Waals surface area contributed by atoms with E-state index in [4.69, 9.17) is 10.8 Å². The summed E-state index contributed by atoms with van der Waals surface area (Å²) in [4.78, 5) is 12.4. The van der Waals surface area contributed by atoms with Crippen LogP contribution in [0, 0.1) is 0 Å². The molecule has 11 heavy (non-hydrogen) atoms. The minimum absolute atomic E-state index is 0.336. The Morgan fingerprint density at radius 1 is 1.55 bits per heavy atom. The highest BCUT2D eigenvalue weighted by Crippen LogP contribution is 1.90. The lowest BCUT2D eigenvalue weighted by Gasteiger charge is -2.19. The predicted octanol–water partition coefficient (Wildman–Crippen LogP) is -0.826. The number of hydrogen-bond acceptors (Lipinski definition) is 3. The minimum Gasteiger partial charge on any atom is -0.382 e. The van der Waals surface area contributed by atoms with Crippen LogP contribution in [0.5, 0.6) is 0 Å². The summed E-state index contributed by atoms with van der Waals surface area (Å²) in [6.07, 6.45) is -1.03. The van der Waals surface area contributed by atoms with Crippen molar-refractivity contribution in [1.29, 1.82) is 0 Å². The molecule has 0 bridgehead atoms. The summed E-state index contributed by atoms with van der Waals surface area (Å²) in [6.45, 7) is 5.92. The van der Waals surface area contributed by atoms with E-state index in [9.17, 15) is 4.79 Å². The number of aliphatic hydroxyl groups excluding tert-OH is 1. The van der Waals surface area contributed by atoms with Gasteiger partial charge in [0.2, 0.25) is 5.91 Å². The first-order chi connectivity index (χ1) is 5.11. The molecule has 0 unspecified atom stereocenters. The molecule has 4 nitrogen and oxygen atoms in total. The summed E-state index contributed by atoms with van der Waals surface area (Å²) in [5, 5.41) is 9.04. The first kappa shape index (κ1) is 10.4. The van der Waals surface area contributed by atoms with E-state index in [2.05, 4.69) is 0 Å². The van der Waals surface area contributed by atoms with Crippen molar-refractivity contribution in [3.63, 3.8) is 0 Å². The Morgan fingerprint density at radius 3 is 2.27 bits per heavy atom. The number of likely N-dealkylation sites (N-methyl/N-ethyl adjacent to an activating group) is 1. The largest absolute Gasteiger partial charge is 0.382 e. The van der Waals surface area contributed by atoms with Crippen LogP contribution in [-0.2, 0) is 4.79 Å². The van der Waals surface area contributed by atoms with Gasteiger partial charge in [-0.1, -0.05) is 13.8 Å². The van der Waals surface area contributed by atoms with Crippen LogP contribution in [0.4, 0.5) is 0 Å². The molecule has 0 saturated heterocycles. The van der Waals surface area contributed by atoms with Gasteiger partial charge in [0.05, 0.1) is 0 Å². The van der Waals surface area contributed by atoms with E-state index in [1.165, 1.54) is 0 Å². The van der Waals surface area contributed by atoms with Gasteiger partial charge < -0.3 is 15.7 Å². The van der Waals surface area contributed by atoms with E-state index in [0.717, 1.165) is 13.1 Å². The van der Waals surface area contributed by atoms with E-state index < -0.39 is 12.0 Å². The molecular weight excluding hydrogens is 144 g/mol. The van der Waals surface area contributed by atoms with Gasteiger partial charge in [0.1, 0.15) is 6.10 Å². The van der Waals surface area contributed by atoms with E-state index in [0.29, 0.717) is 6.54 Å². The van der Waals surface area contributed by atoms with Crippen LogP contribution < -0.4 is 5.73 Å². The molecular formula is C7H16N2O2. The van der Waals surface area contributed by atoms with Gasteiger partial charge in [-0.2, -0.15) is 0 Å². The van der Waals surface area contributed by atoms with Gasteiger partial charge in [0, 0.05) is 6.54 Å². The molecule has 0 aliphatic carbocycles. The molecule has 0 radical (unpaired) electrons. The second kappa shape index (κ2) is 5.09. The fourth-order valence-corrected chi connectivity index (χ4v) is 0.816. The van der Waals surface area contributed by atoms with Gasteiger partial charge in [-0.05, 0) is 13.1 Å². The van der Waals surface area contributed by atoms with Crippen LogP contribution in [-0.4, -0.2) is 41.7 Å². The lowest BCUT2D eigenvalue weighted by Crippen LogP contribution is -2.40. The molecule has 0 aromatic heterocycles. The number of carbonyl (C=O) groups excluding carboxylic acids is 1. The van der Waals surface area contributed by atoms with Gasteiger partial charge in [0.25, 0.3) is 0 Å². The fraction of sp³-hybridized carbons (Fsp3) is 0.857.